The van der Waals surface area contributed by atoms with Gasteiger partial charge in [-0.25, -0.2) is 4.98 Å². The van der Waals surface area contributed by atoms with E-state index >= 15 is 0 Å². The number of nitrogens with zero attached hydrogens (tertiary/aromatic N) is 2. The Balaban J connectivity index is 2.03. The number of benzene rings is 1. The molecule has 1 aromatic carbocycles. The van der Waals surface area contributed by atoms with Crippen LogP contribution in [0.1, 0.15) is 0 Å². The molecule has 3 aromatic rings. The van der Waals surface area contributed by atoms with E-state index in [4.69, 9.17) is 5.73 Å². The van der Waals surface area contributed by atoms with Crippen molar-refractivity contribution in [2.75, 3.05) is 5.73 Å². The van der Waals surface area contributed by atoms with Crippen LogP contribution in [-0.4, -0.2) is 9.97 Å². The highest BCUT2D eigenvalue weighted by atomic mass is 32.1. The van der Waals surface area contributed by atoms with Gasteiger partial charge in [-0.15, -0.1) is 11.3 Å². The topological polar surface area (TPSA) is 51.8 Å². The van der Waals surface area contributed by atoms with Crippen molar-refractivity contribution in [3.8, 4) is 21.8 Å². The molecule has 18 heavy (non-hydrogen) atoms. The molecule has 0 radical (unpaired) electrons. The van der Waals surface area contributed by atoms with Crippen LogP contribution in [-0.2, 0) is 0 Å². The number of rotatable bonds is 2. The number of anilines is 1. The lowest BCUT2D eigenvalue weighted by molar-refractivity contribution is 1.31. The molecule has 0 aliphatic heterocycles. The molecule has 0 aliphatic carbocycles. The normalized spacial score (nSPS) is 10.4. The van der Waals surface area contributed by atoms with Crippen LogP contribution >= 0.6 is 11.3 Å². The molecule has 2 N–H and O–H groups in total. The van der Waals surface area contributed by atoms with E-state index < -0.39 is 0 Å². The fraction of sp³-hybridized carbons (Fsp3) is 0. The van der Waals surface area contributed by atoms with Gasteiger partial charge in [0.2, 0.25) is 0 Å². The highest BCUT2D eigenvalue weighted by molar-refractivity contribution is 7.13. The fourth-order valence-corrected chi connectivity index (χ4v) is 2.61. The number of hydrogen-bond acceptors (Lipinski definition) is 4. The molecule has 0 saturated carbocycles. The third kappa shape index (κ3) is 1.98. The van der Waals surface area contributed by atoms with Crippen LogP contribution in [0, 0.1) is 0 Å². The lowest BCUT2D eigenvalue weighted by atomic mass is 10.2. The second kappa shape index (κ2) is 4.58. The maximum absolute atomic E-state index is 5.95. The minimum Gasteiger partial charge on any atom is -0.398 e. The van der Waals surface area contributed by atoms with Crippen LogP contribution in [0.25, 0.3) is 21.8 Å². The first-order valence-corrected chi connectivity index (χ1v) is 6.43. The Morgan fingerprint density at radius 2 is 1.94 bits per heavy atom. The van der Waals surface area contributed by atoms with Crippen LogP contribution < -0.4 is 5.73 Å². The summed E-state index contributed by atoms with van der Waals surface area (Å²) in [5.41, 5.74) is 9.65. The Morgan fingerprint density at radius 1 is 1.06 bits per heavy atom. The van der Waals surface area contributed by atoms with Crippen molar-refractivity contribution in [3.05, 3.63) is 54.2 Å². The monoisotopic (exact) mass is 253 g/mol. The van der Waals surface area contributed by atoms with E-state index in [0.29, 0.717) is 0 Å². The van der Waals surface area contributed by atoms with Crippen LogP contribution in [0.5, 0.6) is 0 Å². The zero-order chi connectivity index (χ0) is 12.4. The summed E-state index contributed by atoms with van der Waals surface area (Å²) in [4.78, 5) is 8.71. The first-order chi connectivity index (χ1) is 8.84. The smallest absolute Gasteiger partial charge is 0.126 e. The third-order valence-corrected chi connectivity index (χ3v) is 3.53. The van der Waals surface area contributed by atoms with E-state index in [9.17, 15) is 0 Å². The zero-order valence-corrected chi connectivity index (χ0v) is 10.4. The van der Waals surface area contributed by atoms with Crippen molar-refractivity contribution in [3.63, 3.8) is 0 Å². The van der Waals surface area contributed by atoms with Crippen molar-refractivity contribution in [1.29, 1.82) is 0 Å². The van der Waals surface area contributed by atoms with Gasteiger partial charge in [-0.3, -0.25) is 4.98 Å². The van der Waals surface area contributed by atoms with E-state index in [2.05, 4.69) is 9.97 Å². The average Bonchev–Trinajstić information content (AvgIpc) is 2.90. The van der Waals surface area contributed by atoms with Crippen molar-refractivity contribution in [2.45, 2.75) is 0 Å². The molecule has 0 fully saturated rings. The highest BCUT2D eigenvalue weighted by Crippen LogP contribution is 2.31. The highest BCUT2D eigenvalue weighted by Gasteiger charge is 2.08. The number of para-hydroxylation sites is 1. The summed E-state index contributed by atoms with van der Waals surface area (Å²) >= 11 is 1.59. The fourth-order valence-electron chi connectivity index (χ4n) is 1.74. The standard InChI is InChI=1S/C14H11N3S/c15-12-6-2-1-5-11(12)14-17-13(9-18-14)10-4-3-7-16-8-10/h1-9H,15H2. The molecule has 0 bridgehead atoms. The SMILES string of the molecule is Nc1ccccc1-c1nc(-c2cccnc2)cs1. The Bertz CT molecular complexity index is 662. The van der Waals surface area contributed by atoms with Crippen LogP contribution in [0.2, 0.25) is 0 Å². The second-order valence-electron chi connectivity index (χ2n) is 3.87. The van der Waals surface area contributed by atoms with E-state index in [1.807, 2.05) is 48.0 Å². The minimum atomic E-state index is 0.754. The lowest BCUT2D eigenvalue weighted by Crippen LogP contribution is -1.88. The molecule has 2 heterocycles. The summed E-state index contributed by atoms with van der Waals surface area (Å²) in [5.74, 6) is 0. The summed E-state index contributed by atoms with van der Waals surface area (Å²) < 4.78 is 0. The maximum atomic E-state index is 5.95. The number of hydrogen-bond donors (Lipinski definition) is 1. The first-order valence-electron chi connectivity index (χ1n) is 5.55. The van der Waals surface area contributed by atoms with Crippen LogP contribution in [0.4, 0.5) is 5.69 Å². The van der Waals surface area contributed by atoms with Gasteiger partial charge in [0, 0.05) is 34.6 Å². The van der Waals surface area contributed by atoms with Gasteiger partial charge in [0.05, 0.1) is 5.69 Å². The predicted octanol–water partition coefficient (Wildman–Crippen LogP) is 3.45. The summed E-state index contributed by atoms with van der Waals surface area (Å²) in [6, 6.07) is 11.7. The predicted molar refractivity (Wildman–Crippen MR) is 75.2 cm³/mol. The van der Waals surface area contributed by atoms with E-state index in [1.54, 1.807) is 17.5 Å². The molecule has 0 spiro atoms. The van der Waals surface area contributed by atoms with Crippen LogP contribution in [0.15, 0.2) is 54.2 Å². The zero-order valence-electron chi connectivity index (χ0n) is 9.58. The van der Waals surface area contributed by atoms with E-state index in [0.717, 1.165) is 27.5 Å². The molecule has 2 aromatic heterocycles. The van der Waals surface area contributed by atoms with Gasteiger partial charge in [0.25, 0.3) is 0 Å². The molecule has 0 amide bonds. The average molecular weight is 253 g/mol. The van der Waals surface area contributed by atoms with Gasteiger partial charge in [-0.1, -0.05) is 12.1 Å². The molecule has 3 nitrogen and oxygen atoms in total. The second-order valence-corrected chi connectivity index (χ2v) is 4.72. The summed E-state index contributed by atoms with van der Waals surface area (Å²) in [6.07, 6.45) is 3.57. The van der Waals surface area contributed by atoms with Gasteiger partial charge >= 0.3 is 0 Å². The molecule has 88 valence electrons. The van der Waals surface area contributed by atoms with Crippen molar-refractivity contribution in [1.82, 2.24) is 9.97 Å². The number of thiazole rings is 1. The van der Waals surface area contributed by atoms with Gasteiger partial charge < -0.3 is 5.73 Å². The number of pyridine rings is 1. The molecule has 0 aliphatic rings. The Labute approximate surface area is 109 Å². The van der Waals surface area contributed by atoms with Crippen molar-refractivity contribution in [2.24, 2.45) is 0 Å². The van der Waals surface area contributed by atoms with Gasteiger partial charge in [0.1, 0.15) is 5.01 Å². The third-order valence-electron chi connectivity index (χ3n) is 2.65. The first kappa shape index (κ1) is 10.9. The summed E-state index contributed by atoms with van der Waals surface area (Å²) in [5, 5.41) is 2.96. The Morgan fingerprint density at radius 3 is 2.72 bits per heavy atom. The Kier molecular flexibility index (Phi) is 2.78. The molecular formula is C14H11N3S. The van der Waals surface area contributed by atoms with E-state index in [1.165, 1.54) is 0 Å². The largest absolute Gasteiger partial charge is 0.398 e. The minimum absolute atomic E-state index is 0.754. The van der Waals surface area contributed by atoms with Gasteiger partial charge in [0.15, 0.2) is 0 Å². The maximum Gasteiger partial charge on any atom is 0.126 e. The molecular weight excluding hydrogens is 242 g/mol. The van der Waals surface area contributed by atoms with E-state index in [-0.39, 0.29) is 0 Å². The van der Waals surface area contributed by atoms with Gasteiger partial charge in [-0.2, -0.15) is 0 Å². The Hall–Kier alpha value is -2.20. The van der Waals surface area contributed by atoms with Crippen molar-refractivity contribution < 1.29 is 0 Å². The molecule has 0 atom stereocenters. The van der Waals surface area contributed by atoms with Crippen molar-refractivity contribution >= 4 is 17.0 Å². The number of nitrogens with two attached hydrogens (primary N) is 1. The molecule has 4 heteroatoms. The summed E-state index contributed by atoms with van der Waals surface area (Å²) in [7, 11) is 0. The quantitative estimate of drug-likeness (QED) is 0.712. The molecule has 0 unspecified atom stereocenters. The number of aromatic nitrogens is 2. The molecule has 0 saturated heterocycles. The van der Waals surface area contributed by atoms with Gasteiger partial charge in [-0.05, 0) is 24.3 Å². The summed E-state index contributed by atoms with van der Waals surface area (Å²) in [6.45, 7) is 0. The number of nitrogen functional groups attached to an aromatic ring is 1. The lowest BCUT2D eigenvalue weighted by Gasteiger charge is -2.00. The molecule has 3 rings (SSSR count). The van der Waals surface area contributed by atoms with Crippen LogP contribution in [0.3, 0.4) is 0 Å².